The van der Waals surface area contributed by atoms with Crippen LogP contribution in [-0.4, -0.2) is 17.6 Å². The molecule has 0 spiro atoms. The van der Waals surface area contributed by atoms with Gasteiger partial charge >= 0.3 is 5.97 Å². The second-order valence-electron chi connectivity index (χ2n) is 4.64. The van der Waals surface area contributed by atoms with Gasteiger partial charge in [0.15, 0.2) is 0 Å². The van der Waals surface area contributed by atoms with Crippen molar-refractivity contribution in [2.45, 2.75) is 0 Å². The zero-order valence-corrected chi connectivity index (χ0v) is 11.7. The maximum atomic E-state index is 11.9. The van der Waals surface area contributed by atoms with Gasteiger partial charge in [0, 0.05) is 11.8 Å². The van der Waals surface area contributed by atoms with Crippen LogP contribution in [0.2, 0.25) is 0 Å². The molecule has 0 atom stereocenters. The van der Waals surface area contributed by atoms with E-state index in [0.29, 0.717) is 5.69 Å². The third-order valence-electron chi connectivity index (χ3n) is 3.39. The monoisotopic (exact) mass is 277 g/mol. The highest BCUT2D eigenvalue weighted by molar-refractivity contribution is 5.89. The number of hydrogen-bond donors (Lipinski definition) is 0. The molecule has 0 bridgehead atoms. The zero-order valence-electron chi connectivity index (χ0n) is 11.7. The van der Waals surface area contributed by atoms with Crippen molar-refractivity contribution in [2.24, 2.45) is 0 Å². The zero-order chi connectivity index (χ0) is 14.7. The van der Waals surface area contributed by atoms with Gasteiger partial charge in [-0.05, 0) is 23.8 Å². The van der Waals surface area contributed by atoms with Crippen molar-refractivity contribution in [1.82, 2.24) is 4.57 Å². The van der Waals surface area contributed by atoms with Gasteiger partial charge in [-0.2, -0.15) is 0 Å². The van der Waals surface area contributed by atoms with Gasteiger partial charge in [0.25, 0.3) is 0 Å². The molecule has 2 aromatic carbocycles. The molecule has 3 heteroatoms. The van der Waals surface area contributed by atoms with Crippen molar-refractivity contribution in [2.75, 3.05) is 7.11 Å². The Kier molecular flexibility index (Phi) is 3.56. The summed E-state index contributed by atoms with van der Waals surface area (Å²) >= 11 is 0. The summed E-state index contributed by atoms with van der Waals surface area (Å²) < 4.78 is 6.70. The molecular weight excluding hydrogens is 262 g/mol. The lowest BCUT2D eigenvalue weighted by Gasteiger charge is -2.13. The van der Waals surface area contributed by atoms with Crippen LogP contribution in [0, 0.1) is 0 Å². The highest BCUT2D eigenvalue weighted by atomic mass is 16.5. The van der Waals surface area contributed by atoms with E-state index in [1.165, 1.54) is 7.11 Å². The quantitative estimate of drug-likeness (QED) is 0.679. The van der Waals surface area contributed by atoms with E-state index in [4.69, 9.17) is 4.74 Å². The number of aromatic nitrogens is 1. The Labute approximate surface area is 123 Å². The topological polar surface area (TPSA) is 31.2 Å². The SMILES string of the molecule is COC(=O)c1cccn1-c1ccccc1-c1ccccc1. The number of para-hydroxylation sites is 1. The summed E-state index contributed by atoms with van der Waals surface area (Å²) in [5.74, 6) is -0.345. The first kappa shape index (κ1) is 13.2. The summed E-state index contributed by atoms with van der Waals surface area (Å²) in [6.07, 6.45) is 1.87. The predicted octanol–water partition coefficient (Wildman–Crippen LogP) is 3.93. The molecule has 0 aliphatic heterocycles. The van der Waals surface area contributed by atoms with Crippen molar-refractivity contribution in [1.29, 1.82) is 0 Å². The molecule has 3 aromatic rings. The average Bonchev–Trinajstić information content (AvgIpc) is 3.04. The summed E-state index contributed by atoms with van der Waals surface area (Å²) in [5, 5.41) is 0. The van der Waals surface area contributed by atoms with Gasteiger partial charge in [-0.25, -0.2) is 4.79 Å². The minimum absolute atomic E-state index is 0.345. The lowest BCUT2D eigenvalue weighted by molar-refractivity contribution is 0.0591. The largest absolute Gasteiger partial charge is 0.464 e. The van der Waals surface area contributed by atoms with Crippen LogP contribution < -0.4 is 0 Å². The lowest BCUT2D eigenvalue weighted by atomic mass is 10.0. The number of carbonyl (C=O) groups is 1. The van der Waals surface area contributed by atoms with Crippen molar-refractivity contribution in [3.8, 4) is 16.8 Å². The summed E-state index contributed by atoms with van der Waals surface area (Å²) in [7, 11) is 1.39. The highest BCUT2D eigenvalue weighted by Crippen LogP contribution is 2.27. The number of hydrogen-bond acceptors (Lipinski definition) is 2. The Morgan fingerprint density at radius 1 is 0.905 bits per heavy atom. The van der Waals surface area contributed by atoms with Crippen LogP contribution in [0.25, 0.3) is 16.8 Å². The second-order valence-corrected chi connectivity index (χ2v) is 4.64. The smallest absolute Gasteiger partial charge is 0.355 e. The molecule has 104 valence electrons. The number of nitrogens with zero attached hydrogens (tertiary/aromatic N) is 1. The first-order chi connectivity index (χ1) is 10.3. The van der Waals surface area contributed by atoms with E-state index >= 15 is 0 Å². The van der Waals surface area contributed by atoms with E-state index in [2.05, 4.69) is 12.1 Å². The maximum Gasteiger partial charge on any atom is 0.355 e. The number of rotatable bonds is 3. The van der Waals surface area contributed by atoms with Gasteiger partial charge in [-0.1, -0.05) is 48.5 Å². The van der Waals surface area contributed by atoms with E-state index < -0.39 is 0 Å². The molecule has 1 heterocycles. The molecule has 0 radical (unpaired) electrons. The number of methoxy groups -OCH3 is 1. The molecule has 0 saturated carbocycles. The fraction of sp³-hybridized carbons (Fsp3) is 0.0556. The van der Waals surface area contributed by atoms with Crippen LogP contribution in [0.1, 0.15) is 10.5 Å². The molecular formula is C18H15NO2. The van der Waals surface area contributed by atoms with Crippen molar-refractivity contribution < 1.29 is 9.53 Å². The average molecular weight is 277 g/mol. The van der Waals surface area contributed by atoms with Crippen LogP contribution in [0.15, 0.2) is 72.9 Å². The van der Waals surface area contributed by atoms with Gasteiger partial charge in [0.2, 0.25) is 0 Å². The molecule has 0 saturated heterocycles. The third-order valence-corrected chi connectivity index (χ3v) is 3.39. The molecule has 3 rings (SSSR count). The van der Waals surface area contributed by atoms with Crippen LogP contribution in [0.5, 0.6) is 0 Å². The molecule has 3 nitrogen and oxygen atoms in total. The molecule has 0 aliphatic rings. The molecule has 0 aliphatic carbocycles. The van der Waals surface area contributed by atoms with Gasteiger partial charge in [-0.15, -0.1) is 0 Å². The molecule has 0 amide bonds. The Morgan fingerprint density at radius 3 is 2.38 bits per heavy atom. The van der Waals surface area contributed by atoms with Crippen molar-refractivity contribution >= 4 is 5.97 Å². The maximum absolute atomic E-state index is 11.9. The minimum Gasteiger partial charge on any atom is -0.464 e. The standard InChI is InChI=1S/C18H15NO2/c1-21-18(20)17-12-7-13-19(17)16-11-6-5-10-15(16)14-8-3-2-4-9-14/h2-13H,1H3. The number of ether oxygens (including phenoxy) is 1. The van der Waals surface area contributed by atoms with Crippen LogP contribution in [-0.2, 0) is 4.74 Å². The number of benzene rings is 2. The summed E-state index contributed by atoms with van der Waals surface area (Å²) in [4.78, 5) is 11.9. The Morgan fingerprint density at radius 2 is 1.62 bits per heavy atom. The van der Waals surface area contributed by atoms with E-state index in [1.54, 1.807) is 6.07 Å². The predicted molar refractivity (Wildman–Crippen MR) is 82.5 cm³/mol. The van der Waals surface area contributed by atoms with E-state index in [-0.39, 0.29) is 5.97 Å². The molecule has 0 N–H and O–H groups in total. The number of esters is 1. The van der Waals surface area contributed by atoms with E-state index in [9.17, 15) is 4.79 Å². The molecule has 21 heavy (non-hydrogen) atoms. The van der Waals surface area contributed by atoms with Crippen LogP contribution in [0.3, 0.4) is 0 Å². The molecule has 0 fully saturated rings. The fourth-order valence-electron chi connectivity index (χ4n) is 2.41. The normalized spacial score (nSPS) is 10.3. The van der Waals surface area contributed by atoms with Gasteiger partial charge in [0.1, 0.15) is 5.69 Å². The Hall–Kier alpha value is -2.81. The third kappa shape index (κ3) is 2.46. The highest BCUT2D eigenvalue weighted by Gasteiger charge is 2.14. The van der Waals surface area contributed by atoms with Crippen LogP contribution in [0.4, 0.5) is 0 Å². The van der Waals surface area contributed by atoms with Gasteiger partial charge in [0.05, 0.1) is 12.8 Å². The van der Waals surface area contributed by atoms with Gasteiger partial charge in [-0.3, -0.25) is 0 Å². The first-order valence-corrected chi connectivity index (χ1v) is 6.72. The fourth-order valence-corrected chi connectivity index (χ4v) is 2.41. The summed E-state index contributed by atoms with van der Waals surface area (Å²) in [6, 6.07) is 21.7. The van der Waals surface area contributed by atoms with Crippen LogP contribution >= 0.6 is 0 Å². The Balaban J connectivity index is 2.17. The summed E-state index contributed by atoms with van der Waals surface area (Å²) in [6.45, 7) is 0. The van der Waals surface area contributed by atoms with E-state index in [0.717, 1.165) is 16.8 Å². The minimum atomic E-state index is -0.345. The summed E-state index contributed by atoms with van der Waals surface area (Å²) in [5.41, 5.74) is 3.65. The molecule has 0 unspecified atom stereocenters. The second kappa shape index (κ2) is 5.67. The Bertz CT molecular complexity index is 760. The van der Waals surface area contributed by atoms with E-state index in [1.807, 2.05) is 59.3 Å². The van der Waals surface area contributed by atoms with Crippen molar-refractivity contribution in [3.63, 3.8) is 0 Å². The van der Waals surface area contributed by atoms with Gasteiger partial charge < -0.3 is 9.30 Å². The number of carbonyl (C=O) groups excluding carboxylic acids is 1. The first-order valence-electron chi connectivity index (χ1n) is 6.72. The molecule has 1 aromatic heterocycles. The lowest BCUT2D eigenvalue weighted by Crippen LogP contribution is -2.09. The van der Waals surface area contributed by atoms with Crippen molar-refractivity contribution in [3.05, 3.63) is 78.6 Å².